The Hall–Kier alpha value is -2.66. The van der Waals surface area contributed by atoms with Crippen LogP contribution in [0.1, 0.15) is 43.4 Å². The Morgan fingerprint density at radius 1 is 1.23 bits per heavy atom. The summed E-state index contributed by atoms with van der Waals surface area (Å²) in [7, 11) is 0. The van der Waals surface area contributed by atoms with Gasteiger partial charge in [0.1, 0.15) is 18.3 Å². The second-order valence-corrected chi connectivity index (χ2v) is 7.70. The van der Waals surface area contributed by atoms with Gasteiger partial charge < -0.3 is 10.4 Å². The molecule has 0 unspecified atom stereocenters. The van der Waals surface area contributed by atoms with Gasteiger partial charge in [-0.05, 0) is 43.4 Å². The van der Waals surface area contributed by atoms with Crippen molar-refractivity contribution in [2.75, 3.05) is 0 Å². The van der Waals surface area contributed by atoms with Crippen molar-refractivity contribution in [1.82, 2.24) is 15.1 Å². The molecule has 0 saturated heterocycles. The molecule has 26 heavy (non-hydrogen) atoms. The van der Waals surface area contributed by atoms with E-state index < -0.39 is 6.10 Å². The highest BCUT2D eigenvalue weighted by Crippen LogP contribution is 2.43. The molecule has 1 aromatic heterocycles. The van der Waals surface area contributed by atoms with Crippen molar-refractivity contribution in [3.63, 3.8) is 0 Å². The summed E-state index contributed by atoms with van der Waals surface area (Å²) >= 11 is 0. The lowest BCUT2D eigenvalue weighted by molar-refractivity contribution is -0.124. The summed E-state index contributed by atoms with van der Waals surface area (Å²) < 4.78 is 1.76. The summed E-state index contributed by atoms with van der Waals surface area (Å²) in [6.07, 6.45) is 2.58. The van der Waals surface area contributed by atoms with Crippen LogP contribution in [0.3, 0.4) is 0 Å². The molecule has 132 valence electrons. The Labute approximate surface area is 151 Å². The number of hydrogen-bond donors (Lipinski definition) is 2. The molecule has 5 rings (SSSR count). The van der Waals surface area contributed by atoms with Crippen LogP contribution in [0.25, 0.3) is 22.2 Å². The SMILES string of the molecule is CC1(NC(=O)Cn2nc3c4c(cccc42)[C@H](O)c2ccccc2-3)CCC1. The van der Waals surface area contributed by atoms with E-state index >= 15 is 0 Å². The van der Waals surface area contributed by atoms with E-state index in [1.165, 1.54) is 6.42 Å². The van der Waals surface area contributed by atoms with Gasteiger partial charge in [0.25, 0.3) is 0 Å². The van der Waals surface area contributed by atoms with Gasteiger partial charge in [-0.25, -0.2) is 0 Å². The highest BCUT2D eigenvalue weighted by molar-refractivity contribution is 6.00. The van der Waals surface area contributed by atoms with Gasteiger partial charge in [0.15, 0.2) is 0 Å². The number of aliphatic hydroxyl groups is 1. The van der Waals surface area contributed by atoms with E-state index in [1.807, 2.05) is 42.5 Å². The van der Waals surface area contributed by atoms with Crippen LogP contribution in [0, 0.1) is 0 Å². The zero-order valence-electron chi connectivity index (χ0n) is 14.7. The van der Waals surface area contributed by atoms with Crippen molar-refractivity contribution in [3.8, 4) is 11.3 Å². The maximum Gasteiger partial charge on any atom is 0.242 e. The molecule has 1 fully saturated rings. The molecule has 0 radical (unpaired) electrons. The number of aromatic nitrogens is 2. The largest absolute Gasteiger partial charge is 0.384 e. The van der Waals surface area contributed by atoms with Gasteiger partial charge in [0.05, 0.1) is 5.52 Å². The highest BCUT2D eigenvalue weighted by Gasteiger charge is 2.34. The molecule has 0 aliphatic heterocycles. The average molecular weight is 347 g/mol. The minimum atomic E-state index is -0.664. The Bertz CT molecular complexity index is 1030. The first-order valence-corrected chi connectivity index (χ1v) is 9.14. The molecule has 2 N–H and O–H groups in total. The molecular weight excluding hydrogens is 326 g/mol. The Balaban J connectivity index is 1.59. The number of rotatable bonds is 3. The number of aliphatic hydroxyl groups excluding tert-OH is 1. The zero-order valence-corrected chi connectivity index (χ0v) is 14.7. The number of carbonyl (C=O) groups excluding carboxylic acids is 1. The molecule has 2 aliphatic rings. The lowest BCUT2D eigenvalue weighted by Crippen LogP contribution is -2.51. The summed E-state index contributed by atoms with van der Waals surface area (Å²) in [6.45, 7) is 2.29. The van der Waals surface area contributed by atoms with Crippen LogP contribution in [0.5, 0.6) is 0 Å². The Kier molecular flexibility index (Phi) is 3.25. The van der Waals surface area contributed by atoms with E-state index in [-0.39, 0.29) is 18.0 Å². The van der Waals surface area contributed by atoms with Crippen molar-refractivity contribution < 1.29 is 9.90 Å². The summed E-state index contributed by atoms with van der Waals surface area (Å²) in [4.78, 5) is 12.6. The molecule has 2 aromatic carbocycles. The second-order valence-electron chi connectivity index (χ2n) is 7.70. The van der Waals surface area contributed by atoms with Crippen LogP contribution in [-0.2, 0) is 11.3 Å². The number of nitrogens with zero attached hydrogens (tertiary/aromatic N) is 2. The monoisotopic (exact) mass is 347 g/mol. The van der Waals surface area contributed by atoms with Gasteiger partial charge in [0, 0.05) is 16.5 Å². The molecule has 1 saturated carbocycles. The van der Waals surface area contributed by atoms with E-state index in [0.717, 1.165) is 46.1 Å². The van der Waals surface area contributed by atoms with Crippen molar-refractivity contribution in [2.24, 2.45) is 0 Å². The minimum Gasteiger partial charge on any atom is -0.384 e. The number of fused-ring (bicyclic) bond motifs is 2. The third-order valence-electron chi connectivity index (χ3n) is 5.81. The third kappa shape index (κ3) is 2.20. The van der Waals surface area contributed by atoms with Crippen LogP contribution < -0.4 is 5.32 Å². The Morgan fingerprint density at radius 2 is 2.00 bits per heavy atom. The molecule has 0 bridgehead atoms. The third-order valence-corrected chi connectivity index (χ3v) is 5.81. The predicted molar refractivity (Wildman–Crippen MR) is 99.6 cm³/mol. The van der Waals surface area contributed by atoms with Crippen molar-refractivity contribution in [1.29, 1.82) is 0 Å². The predicted octanol–water partition coefficient (Wildman–Crippen LogP) is 3.16. The van der Waals surface area contributed by atoms with Gasteiger partial charge in [-0.2, -0.15) is 5.10 Å². The average Bonchev–Trinajstić information content (AvgIpc) is 2.98. The molecule has 0 spiro atoms. The van der Waals surface area contributed by atoms with E-state index in [0.29, 0.717) is 0 Å². The van der Waals surface area contributed by atoms with Crippen molar-refractivity contribution in [2.45, 2.75) is 44.4 Å². The number of benzene rings is 2. The Morgan fingerprint density at radius 3 is 2.77 bits per heavy atom. The fourth-order valence-corrected chi connectivity index (χ4v) is 4.25. The standard InChI is InChI=1S/C21H21N3O2/c1-21(10-5-11-21)22-17(25)12-24-16-9-4-8-15-18(16)19(23-24)13-6-2-3-7-14(13)20(15)26/h2-4,6-9,20,26H,5,10-12H2,1H3,(H,22,25)/t20-/m1/s1. The molecule has 1 atom stereocenters. The maximum absolute atomic E-state index is 12.6. The van der Waals surface area contributed by atoms with Crippen LogP contribution in [0.4, 0.5) is 0 Å². The zero-order chi connectivity index (χ0) is 17.9. The van der Waals surface area contributed by atoms with Gasteiger partial charge in [-0.3, -0.25) is 9.48 Å². The number of hydrogen-bond acceptors (Lipinski definition) is 3. The first-order chi connectivity index (χ1) is 12.6. The lowest BCUT2D eigenvalue weighted by Gasteiger charge is -2.39. The fraction of sp³-hybridized carbons (Fsp3) is 0.333. The van der Waals surface area contributed by atoms with Crippen LogP contribution in [0.15, 0.2) is 42.5 Å². The van der Waals surface area contributed by atoms with E-state index in [4.69, 9.17) is 5.10 Å². The van der Waals surface area contributed by atoms with E-state index in [9.17, 15) is 9.90 Å². The van der Waals surface area contributed by atoms with Crippen LogP contribution >= 0.6 is 0 Å². The van der Waals surface area contributed by atoms with Crippen molar-refractivity contribution >= 4 is 16.8 Å². The van der Waals surface area contributed by atoms with E-state index in [2.05, 4.69) is 12.2 Å². The quantitative estimate of drug-likeness (QED) is 0.765. The van der Waals surface area contributed by atoms with Gasteiger partial charge in [-0.1, -0.05) is 36.4 Å². The molecule has 5 heteroatoms. The summed E-state index contributed by atoms with van der Waals surface area (Å²) in [5.41, 5.74) is 4.33. The fourth-order valence-electron chi connectivity index (χ4n) is 4.25. The first kappa shape index (κ1) is 15.6. The molecule has 3 aromatic rings. The molecule has 5 nitrogen and oxygen atoms in total. The summed E-state index contributed by atoms with van der Waals surface area (Å²) in [6, 6.07) is 13.6. The van der Waals surface area contributed by atoms with Gasteiger partial charge in [-0.15, -0.1) is 0 Å². The lowest BCUT2D eigenvalue weighted by atomic mass is 9.78. The molecule has 1 heterocycles. The molecular formula is C21H21N3O2. The number of nitrogens with one attached hydrogen (secondary N) is 1. The van der Waals surface area contributed by atoms with Gasteiger partial charge >= 0.3 is 0 Å². The van der Waals surface area contributed by atoms with Gasteiger partial charge in [0.2, 0.25) is 5.91 Å². The first-order valence-electron chi connectivity index (χ1n) is 9.14. The van der Waals surface area contributed by atoms with Crippen LogP contribution in [-0.4, -0.2) is 26.3 Å². The van der Waals surface area contributed by atoms with Crippen molar-refractivity contribution in [3.05, 3.63) is 53.6 Å². The summed E-state index contributed by atoms with van der Waals surface area (Å²) in [5.74, 6) is -0.0124. The molecule has 1 amide bonds. The molecule has 2 aliphatic carbocycles. The maximum atomic E-state index is 12.6. The highest BCUT2D eigenvalue weighted by atomic mass is 16.3. The topological polar surface area (TPSA) is 67.2 Å². The normalized spacial score (nSPS) is 19.7. The number of carbonyl (C=O) groups is 1. The smallest absolute Gasteiger partial charge is 0.242 e. The van der Waals surface area contributed by atoms with Crippen LogP contribution in [0.2, 0.25) is 0 Å². The minimum absolute atomic E-state index is 0.0124. The van der Waals surface area contributed by atoms with E-state index in [1.54, 1.807) is 4.68 Å². The summed E-state index contributed by atoms with van der Waals surface area (Å²) in [5, 5.41) is 19.6. The second kappa shape index (κ2) is 5.42. The number of amides is 1.